The Morgan fingerprint density at radius 3 is 2.39 bits per heavy atom. The molecule has 106 valence electrons. The molecule has 0 heterocycles. The number of ether oxygens (including phenoxy) is 1. The molecule has 0 radical (unpaired) electrons. The minimum absolute atomic E-state index is 0.0315. The predicted octanol–water partition coefficient (Wildman–Crippen LogP) is 4.45. The van der Waals surface area contributed by atoms with Gasteiger partial charge in [0.15, 0.2) is 0 Å². The average molecular weight is 366 g/mol. The van der Waals surface area contributed by atoms with Crippen molar-refractivity contribution in [2.75, 3.05) is 4.43 Å². The fourth-order valence-corrected chi connectivity index (χ4v) is 4.30. The van der Waals surface area contributed by atoms with Crippen LogP contribution in [0.1, 0.15) is 54.4 Å². The fraction of sp³-hybridized carbons (Fsp3) is 0.933. The van der Waals surface area contributed by atoms with Gasteiger partial charge in [-0.25, -0.2) is 0 Å². The van der Waals surface area contributed by atoms with Crippen molar-refractivity contribution in [3.8, 4) is 0 Å². The van der Waals surface area contributed by atoms with Crippen molar-refractivity contribution in [3.05, 3.63) is 0 Å². The first-order chi connectivity index (χ1) is 8.15. The van der Waals surface area contributed by atoms with Crippen LogP contribution in [0.25, 0.3) is 0 Å². The topological polar surface area (TPSA) is 26.3 Å². The molecule has 0 spiro atoms. The van der Waals surface area contributed by atoms with E-state index in [4.69, 9.17) is 4.74 Å². The van der Waals surface area contributed by atoms with Crippen LogP contribution in [0, 0.1) is 22.7 Å². The lowest BCUT2D eigenvalue weighted by molar-refractivity contribution is -0.156. The summed E-state index contributed by atoms with van der Waals surface area (Å²) in [5.41, 5.74) is 0.302. The molecule has 1 fully saturated rings. The summed E-state index contributed by atoms with van der Waals surface area (Å²) in [6, 6.07) is 0. The van der Waals surface area contributed by atoms with Crippen LogP contribution in [0.2, 0.25) is 0 Å². The van der Waals surface area contributed by atoms with Crippen molar-refractivity contribution in [3.63, 3.8) is 0 Å². The summed E-state index contributed by atoms with van der Waals surface area (Å²) in [6.07, 6.45) is 1.60. The first-order valence-electron chi connectivity index (χ1n) is 6.90. The van der Waals surface area contributed by atoms with Gasteiger partial charge in [0.2, 0.25) is 0 Å². The van der Waals surface area contributed by atoms with E-state index in [2.05, 4.69) is 64.1 Å². The minimum atomic E-state index is -0.0315. The lowest BCUT2D eigenvalue weighted by Gasteiger charge is -2.42. The molecule has 1 aliphatic rings. The van der Waals surface area contributed by atoms with Crippen LogP contribution < -0.4 is 0 Å². The smallest absolute Gasteiger partial charge is 0.306 e. The average Bonchev–Trinajstić information content (AvgIpc) is 2.39. The van der Waals surface area contributed by atoms with Crippen molar-refractivity contribution < 1.29 is 9.53 Å². The Balaban J connectivity index is 2.81. The summed E-state index contributed by atoms with van der Waals surface area (Å²) in [5, 5.41) is 0. The van der Waals surface area contributed by atoms with E-state index in [0.717, 1.165) is 10.8 Å². The summed E-state index contributed by atoms with van der Waals surface area (Å²) in [6.45, 7) is 13.3. The van der Waals surface area contributed by atoms with Crippen molar-refractivity contribution in [1.29, 1.82) is 0 Å². The van der Waals surface area contributed by atoms with E-state index in [0.29, 0.717) is 18.3 Å². The quantitative estimate of drug-likeness (QED) is 0.417. The zero-order valence-electron chi connectivity index (χ0n) is 12.5. The van der Waals surface area contributed by atoms with E-state index in [1.165, 1.54) is 0 Å². The molecule has 0 aromatic carbocycles. The largest absolute Gasteiger partial charge is 0.462 e. The molecule has 1 aliphatic carbocycles. The Bertz CT molecular complexity index is 312. The van der Waals surface area contributed by atoms with Gasteiger partial charge in [-0.1, -0.05) is 64.1 Å². The zero-order valence-corrected chi connectivity index (χ0v) is 14.7. The maximum Gasteiger partial charge on any atom is 0.306 e. The van der Waals surface area contributed by atoms with Gasteiger partial charge in [0.1, 0.15) is 6.10 Å². The van der Waals surface area contributed by atoms with Crippen LogP contribution in [0.4, 0.5) is 0 Å². The van der Waals surface area contributed by atoms with Crippen LogP contribution in [0.5, 0.6) is 0 Å². The van der Waals surface area contributed by atoms with Crippen molar-refractivity contribution in [2.24, 2.45) is 22.7 Å². The number of alkyl halides is 1. The van der Waals surface area contributed by atoms with Gasteiger partial charge in [-0.2, -0.15) is 0 Å². The number of hydrogen-bond acceptors (Lipinski definition) is 2. The third kappa shape index (κ3) is 2.86. The number of esters is 1. The molecule has 2 nitrogen and oxygen atoms in total. The maximum atomic E-state index is 11.9. The molecule has 0 aromatic heterocycles. The van der Waals surface area contributed by atoms with Gasteiger partial charge in [0.25, 0.3) is 0 Å². The molecular formula is C15H27IO2. The highest BCUT2D eigenvalue weighted by molar-refractivity contribution is 14.1. The normalized spacial score (nSPS) is 34.9. The molecule has 18 heavy (non-hydrogen) atoms. The van der Waals surface area contributed by atoms with Gasteiger partial charge in [0.05, 0.1) is 0 Å². The molecule has 1 saturated carbocycles. The highest BCUT2D eigenvalue weighted by Gasteiger charge is 2.56. The van der Waals surface area contributed by atoms with Crippen molar-refractivity contribution in [2.45, 2.75) is 60.5 Å². The van der Waals surface area contributed by atoms with Crippen molar-refractivity contribution in [1.82, 2.24) is 0 Å². The van der Waals surface area contributed by atoms with E-state index in [-0.39, 0.29) is 22.9 Å². The third-order valence-electron chi connectivity index (χ3n) is 5.11. The molecule has 0 aliphatic heterocycles. The van der Waals surface area contributed by atoms with Crippen molar-refractivity contribution >= 4 is 28.6 Å². The first-order valence-corrected chi connectivity index (χ1v) is 8.43. The van der Waals surface area contributed by atoms with Gasteiger partial charge in [-0.15, -0.1) is 0 Å². The van der Waals surface area contributed by atoms with Gasteiger partial charge in [0, 0.05) is 16.3 Å². The van der Waals surface area contributed by atoms with E-state index < -0.39 is 0 Å². The third-order valence-corrected chi connectivity index (χ3v) is 6.69. The zero-order chi connectivity index (χ0) is 14.1. The van der Waals surface area contributed by atoms with Crippen LogP contribution >= 0.6 is 22.6 Å². The van der Waals surface area contributed by atoms with Crippen LogP contribution in [-0.2, 0) is 9.53 Å². The van der Waals surface area contributed by atoms with E-state index in [1.807, 2.05) is 0 Å². The summed E-state index contributed by atoms with van der Waals surface area (Å²) in [7, 11) is 0. The van der Waals surface area contributed by atoms with Gasteiger partial charge in [-0.3, -0.25) is 4.79 Å². The predicted molar refractivity (Wildman–Crippen MR) is 83.9 cm³/mol. The molecule has 0 saturated heterocycles. The molecule has 0 amide bonds. The van der Waals surface area contributed by atoms with Gasteiger partial charge in [-0.05, 0) is 23.7 Å². The summed E-state index contributed by atoms with van der Waals surface area (Å²) in [5.74, 6) is 0.931. The number of carbonyl (C=O) groups excluding carboxylic acids is 1. The molecule has 3 atom stereocenters. The number of carbonyl (C=O) groups is 1. The van der Waals surface area contributed by atoms with Crippen LogP contribution in [0.3, 0.4) is 0 Å². The molecular weight excluding hydrogens is 339 g/mol. The molecule has 0 N–H and O–H groups in total. The molecule has 3 unspecified atom stereocenters. The Hall–Kier alpha value is 0.200. The lowest BCUT2D eigenvalue weighted by atomic mass is 9.67. The number of halogens is 1. The fourth-order valence-electron chi connectivity index (χ4n) is 2.83. The van der Waals surface area contributed by atoms with Crippen LogP contribution in [0.15, 0.2) is 0 Å². The summed E-state index contributed by atoms with van der Waals surface area (Å²) in [4.78, 5) is 11.9. The molecule has 0 bridgehead atoms. The van der Waals surface area contributed by atoms with E-state index in [1.54, 1.807) is 0 Å². The highest BCUT2D eigenvalue weighted by atomic mass is 127. The second-order valence-electron chi connectivity index (χ2n) is 6.99. The first kappa shape index (κ1) is 16.3. The Morgan fingerprint density at radius 1 is 1.39 bits per heavy atom. The minimum Gasteiger partial charge on any atom is -0.462 e. The molecule has 0 aromatic rings. The van der Waals surface area contributed by atoms with Crippen LogP contribution in [-0.4, -0.2) is 16.5 Å². The van der Waals surface area contributed by atoms with Gasteiger partial charge < -0.3 is 4.74 Å². The lowest BCUT2D eigenvalue weighted by Crippen LogP contribution is -2.42. The summed E-state index contributed by atoms with van der Waals surface area (Å²) < 4.78 is 6.82. The maximum absolute atomic E-state index is 11.9. The second kappa shape index (κ2) is 5.68. The van der Waals surface area contributed by atoms with E-state index >= 15 is 0 Å². The number of hydrogen-bond donors (Lipinski definition) is 0. The molecule has 3 heteroatoms. The number of rotatable bonds is 4. The van der Waals surface area contributed by atoms with Gasteiger partial charge >= 0.3 is 5.97 Å². The Morgan fingerprint density at radius 2 is 1.94 bits per heavy atom. The highest BCUT2D eigenvalue weighted by Crippen LogP contribution is 2.57. The Kier molecular flexibility index (Phi) is 5.13. The second-order valence-corrected chi connectivity index (χ2v) is 7.75. The monoisotopic (exact) mass is 366 g/mol. The van der Waals surface area contributed by atoms with E-state index in [9.17, 15) is 4.79 Å². The Labute approximate surface area is 125 Å². The summed E-state index contributed by atoms with van der Waals surface area (Å²) >= 11 is 2.44. The standard InChI is InChI=1S/C15H27IO2/c1-10(2)7-13(17)18-12-8-11(3)14(4,5)15(12,6)9-16/h10-12H,7-9H2,1-6H3. The SMILES string of the molecule is CC(C)CC(=O)OC1CC(C)C(C)(C)C1(C)CI. The molecule has 1 rings (SSSR count).